The molecule has 0 atom stereocenters. The first-order chi connectivity index (χ1) is 13.7. The molecule has 0 amide bonds. The van der Waals surface area contributed by atoms with Crippen LogP contribution in [0.2, 0.25) is 0 Å². The van der Waals surface area contributed by atoms with Crippen LogP contribution in [0.5, 0.6) is 11.5 Å². The lowest BCUT2D eigenvalue weighted by molar-refractivity contribution is 0.457. The summed E-state index contributed by atoms with van der Waals surface area (Å²) in [6, 6.07) is 0. The van der Waals surface area contributed by atoms with Crippen molar-refractivity contribution in [1.82, 2.24) is 0 Å². The SMILES string of the molecule is CCCCc1c(C)c(C)c(C)c(C)c1Oc1c(C)c(C)c(C)c(C)c1CCCC. The summed E-state index contributed by atoms with van der Waals surface area (Å²) < 4.78 is 6.93. The van der Waals surface area contributed by atoms with E-state index in [1.54, 1.807) is 0 Å². The van der Waals surface area contributed by atoms with Crippen LogP contribution in [0.1, 0.15) is 95.2 Å². The minimum Gasteiger partial charge on any atom is -0.456 e. The van der Waals surface area contributed by atoms with Crippen LogP contribution >= 0.6 is 0 Å². The van der Waals surface area contributed by atoms with Crippen LogP contribution in [-0.2, 0) is 12.8 Å². The summed E-state index contributed by atoms with van der Waals surface area (Å²) in [7, 11) is 0. The highest BCUT2D eigenvalue weighted by molar-refractivity contribution is 5.59. The van der Waals surface area contributed by atoms with Crippen LogP contribution < -0.4 is 4.74 Å². The van der Waals surface area contributed by atoms with Gasteiger partial charge in [-0.1, -0.05) is 26.7 Å². The molecule has 0 unspecified atom stereocenters. The number of benzene rings is 2. The normalized spacial score (nSPS) is 11.2. The molecule has 0 saturated heterocycles. The van der Waals surface area contributed by atoms with Gasteiger partial charge in [-0.25, -0.2) is 0 Å². The first-order valence-corrected chi connectivity index (χ1v) is 11.5. The topological polar surface area (TPSA) is 9.23 Å². The Kier molecular flexibility index (Phi) is 7.97. The predicted molar refractivity (Wildman–Crippen MR) is 128 cm³/mol. The quantitative estimate of drug-likeness (QED) is 0.435. The summed E-state index contributed by atoms with van der Waals surface area (Å²) in [5, 5.41) is 0. The first-order valence-electron chi connectivity index (χ1n) is 11.5. The Morgan fingerprint density at radius 1 is 0.448 bits per heavy atom. The number of ether oxygens (including phenoxy) is 1. The van der Waals surface area contributed by atoms with E-state index < -0.39 is 0 Å². The highest BCUT2D eigenvalue weighted by atomic mass is 16.5. The molecule has 1 heteroatoms. The van der Waals surface area contributed by atoms with Gasteiger partial charge in [-0.15, -0.1) is 0 Å². The molecule has 0 heterocycles. The lowest BCUT2D eigenvalue weighted by atomic mass is 9.89. The Bertz CT molecular complexity index is 813. The maximum absolute atomic E-state index is 6.93. The first kappa shape index (κ1) is 23.5. The molecule has 0 aliphatic carbocycles. The van der Waals surface area contributed by atoms with E-state index in [-0.39, 0.29) is 0 Å². The van der Waals surface area contributed by atoms with Gasteiger partial charge in [0.1, 0.15) is 11.5 Å². The van der Waals surface area contributed by atoms with Crippen LogP contribution in [0.3, 0.4) is 0 Å². The van der Waals surface area contributed by atoms with Crippen molar-refractivity contribution in [3.8, 4) is 11.5 Å². The van der Waals surface area contributed by atoms with E-state index in [0.717, 1.165) is 24.3 Å². The van der Waals surface area contributed by atoms with Gasteiger partial charge in [0.2, 0.25) is 0 Å². The Morgan fingerprint density at radius 3 is 1.07 bits per heavy atom. The van der Waals surface area contributed by atoms with E-state index in [1.165, 1.54) is 81.3 Å². The monoisotopic (exact) mass is 394 g/mol. The molecule has 1 nitrogen and oxygen atoms in total. The van der Waals surface area contributed by atoms with E-state index in [1.807, 2.05) is 0 Å². The fourth-order valence-electron chi connectivity index (χ4n) is 4.40. The fourth-order valence-corrected chi connectivity index (χ4v) is 4.40. The number of hydrogen-bond acceptors (Lipinski definition) is 1. The van der Waals surface area contributed by atoms with E-state index in [0.29, 0.717) is 0 Å². The summed E-state index contributed by atoms with van der Waals surface area (Å²) in [5.41, 5.74) is 13.8. The Labute approximate surface area is 179 Å². The van der Waals surface area contributed by atoms with Gasteiger partial charge in [0.15, 0.2) is 0 Å². The van der Waals surface area contributed by atoms with Crippen LogP contribution in [0.15, 0.2) is 0 Å². The molecule has 0 fully saturated rings. The number of unbranched alkanes of at least 4 members (excludes halogenated alkanes) is 2. The van der Waals surface area contributed by atoms with Crippen LogP contribution in [-0.4, -0.2) is 0 Å². The Hall–Kier alpha value is -1.76. The smallest absolute Gasteiger partial charge is 0.134 e. The van der Waals surface area contributed by atoms with Crippen LogP contribution in [0, 0.1) is 55.4 Å². The molecular formula is C28H42O. The summed E-state index contributed by atoms with van der Waals surface area (Å²) in [6.07, 6.45) is 6.99. The molecule has 0 saturated carbocycles. The zero-order valence-corrected chi connectivity index (χ0v) is 20.7. The molecule has 29 heavy (non-hydrogen) atoms. The highest BCUT2D eigenvalue weighted by Gasteiger charge is 2.21. The standard InChI is InChI=1S/C28H42O/c1-11-13-15-25-21(7)17(3)19(5)23(9)27(25)29-28-24(10)20(6)18(4)22(8)26(28)16-14-12-2/h11-16H2,1-10H3. The molecule has 0 radical (unpaired) electrons. The molecule has 160 valence electrons. The fraction of sp³-hybridized carbons (Fsp3) is 0.571. The zero-order chi connectivity index (χ0) is 21.9. The maximum Gasteiger partial charge on any atom is 0.134 e. The predicted octanol–water partition coefficient (Wildman–Crippen LogP) is 8.63. The third kappa shape index (κ3) is 4.55. The van der Waals surface area contributed by atoms with Crippen molar-refractivity contribution < 1.29 is 4.74 Å². The summed E-state index contributed by atoms with van der Waals surface area (Å²) in [4.78, 5) is 0. The highest BCUT2D eigenvalue weighted by Crippen LogP contribution is 2.41. The largest absolute Gasteiger partial charge is 0.456 e. The van der Waals surface area contributed by atoms with Crippen molar-refractivity contribution >= 4 is 0 Å². The minimum atomic E-state index is 1.09. The second-order valence-corrected chi connectivity index (χ2v) is 8.92. The minimum absolute atomic E-state index is 1.09. The molecule has 2 rings (SSSR count). The van der Waals surface area contributed by atoms with Gasteiger partial charge in [-0.05, 0) is 137 Å². The van der Waals surface area contributed by atoms with Gasteiger partial charge in [0.25, 0.3) is 0 Å². The van der Waals surface area contributed by atoms with Crippen LogP contribution in [0.4, 0.5) is 0 Å². The maximum atomic E-state index is 6.93. The molecule has 0 aliphatic heterocycles. The van der Waals surface area contributed by atoms with Crippen molar-refractivity contribution in [2.75, 3.05) is 0 Å². The second kappa shape index (κ2) is 9.83. The lowest BCUT2D eigenvalue weighted by Crippen LogP contribution is -2.08. The van der Waals surface area contributed by atoms with Crippen LogP contribution in [0.25, 0.3) is 0 Å². The summed E-state index contributed by atoms with van der Waals surface area (Å²) >= 11 is 0. The van der Waals surface area contributed by atoms with Gasteiger partial charge in [0, 0.05) is 0 Å². The molecule has 0 aliphatic rings. The number of hydrogen-bond donors (Lipinski definition) is 0. The Morgan fingerprint density at radius 2 is 0.759 bits per heavy atom. The van der Waals surface area contributed by atoms with Crippen molar-refractivity contribution in [2.24, 2.45) is 0 Å². The van der Waals surface area contributed by atoms with E-state index in [9.17, 15) is 0 Å². The van der Waals surface area contributed by atoms with Crippen molar-refractivity contribution in [1.29, 1.82) is 0 Å². The molecular weight excluding hydrogens is 352 g/mol. The molecule has 0 bridgehead atoms. The molecule has 2 aromatic carbocycles. The zero-order valence-electron chi connectivity index (χ0n) is 20.7. The van der Waals surface area contributed by atoms with E-state index >= 15 is 0 Å². The van der Waals surface area contributed by atoms with E-state index in [4.69, 9.17) is 4.74 Å². The average molecular weight is 395 g/mol. The molecule has 0 N–H and O–H groups in total. The summed E-state index contributed by atoms with van der Waals surface area (Å²) in [5.74, 6) is 2.23. The van der Waals surface area contributed by atoms with Gasteiger partial charge < -0.3 is 4.74 Å². The number of rotatable bonds is 8. The van der Waals surface area contributed by atoms with Crippen molar-refractivity contribution in [2.45, 2.75) is 108 Å². The molecule has 0 aromatic heterocycles. The third-order valence-electron chi connectivity index (χ3n) is 7.27. The van der Waals surface area contributed by atoms with Gasteiger partial charge in [0.05, 0.1) is 0 Å². The summed E-state index contributed by atoms with van der Waals surface area (Å²) in [6.45, 7) is 22.6. The van der Waals surface area contributed by atoms with Gasteiger partial charge in [-0.2, -0.15) is 0 Å². The third-order valence-corrected chi connectivity index (χ3v) is 7.27. The van der Waals surface area contributed by atoms with Crippen molar-refractivity contribution in [3.63, 3.8) is 0 Å². The van der Waals surface area contributed by atoms with Gasteiger partial charge >= 0.3 is 0 Å². The van der Waals surface area contributed by atoms with Crippen molar-refractivity contribution in [3.05, 3.63) is 55.6 Å². The van der Waals surface area contributed by atoms with Gasteiger partial charge in [-0.3, -0.25) is 0 Å². The lowest BCUT2D eigenvalue weighted by Gasteiger charge is -2.25. The second-order valence-electron chi connectivity index (χ2n) is 8.92. The Balaban J connectivity index is 2.73. The molecule has 2 aromatic rings. The molecule has 0 spiro atoms. The van der Waals surface area contributed by atoms with E-state index in [2.05, 4.69) is 69.2 Å². The average Bonchev–Trinajstić information content (AvgIpc) is 2.71.